The molecular weight excluding hydrogens is 412 g/mol. The van der Waals surface area contributed by atoms with Crippen LogP contribution in [0.5, 0.6) is 0 Å². The van der Waals surface area contributed by atoms with Gasteiger partial charge in [0.1, 0.15) is 23.6 Å². The van der Waals surface area contributed by atoms with Crippen LogP contribution in [0.25, 0.3) is 0 Å². The fraction of sp³-hybridized carbons (Fsp3) is 0.483. The summed E-state index contributed by atoms with van der Waals surface area (Å²) in [6.45, 7) is 20.0. The van der Waals surface area contributed by atoms with E-state index in [0.717, 1.165) is 22.3 Å². The summed E-state index contributed by atoms with van der Waals surface area (Å²) in [5, 5.41) is 10.2. The number of rotatable bonds is 7. The van der Waals surface area contributed by atoms with Gasteiger partial charge in [0.2, 0.25) is 0 Å². The third-order valence-electron chi connectivity index (χ3n) is 6.30. The van der Waals surface area contributed by atoms with Gasteiger partial charge in [0.05, 0.1) is 11.5 Å². The summed E-state index contributed by atoms with van der Waals surface area (Å²) >= 11 is 0. The first kappa shape index (κ1) is 26.7. The Balaban J connectivity index is 2.11. The Hall–Kier alpha value is -2.59. The van der Waals surface area contributed by atoms with Crippen LogP contribution >= 0.6 is 0 Å². The van der Waals surface area contributed by atoms with E-state index in [4.69, 9.17) is 9.47 Å². The fourth-order valence-electron chi connectivity index (χ4n) is 4.55. The topological polar surface area (TPSA) is 59.1 Å². The minimum absolute atomic E-state index is 0.114. The Morgan fingerprint density at radius 2 is 1.42 bits per heavy atom. The number of aliphatic hydroxyl groups is 1. The predicted molar refractivity (Wildman–Crippen MR) is 136 cm³/mol. The van der Waals surface area contributed by atoms with Gasteiger partial charge in [0.15, 0.2) is 0 Å². The molecule has 2 aliphatic rings. The molecular formula is C29H40O4. The van der Waals surface area contributed by atoms with Crippen molar-refractivity contribution in [2.75, 3.05) is 0 Å². The molecule has 0 aliphatic carbocycles. The van der Waals surface area contributed by atoms with E-state index in [0.29, 0.717) is 5.57 Å². The van der Waals surface area contributed by atoms with Gasteiger partial charge in [-0.05, 0) is 79.5 Å². The molecule has 0 saturated carbocycles. The molecule has 180 valence electrons. The van der Waals surface area contributed by atoms with Crippen LogP contribution in [0, 0.1) is 5.92 Å². The number of hydrogen-bond donors (Lipinski definition) is 1. The zero-order valence-electron chi connectivity index (χ0n) is 21.9. The zero-order chi connectivity index (χ0) is 25.1. The van der Waals surface area contributed by atoms with E-state index in [-0.39, 0.29) is 23.4 Å². The predicted octanol–water partition coefficient (Wildman–Crippen LogP) is 7.24. The van der Waals surface area contributed by atoms with Crippen LogP contribution in [0.1, 0.15) is 69.2 Å². The molecule has 0 radical (unpaired) electrons. The molecule has 2 heterocycles. The Bertz CT molecular complexity index is 1010. The minimum Gasteiger partial charge on any atom is -0.511 e. The average Bonchev–Trinajstić information content (AvgIpc) is 3.37. The number of carbonyl (C=O) groups excluding carboxylic acids is 1. The van der Waals surface area contributed by atoms with Gasteiger partial charge in [-0.25, -0.2) is 4.79 Å². The van der Waals surface area contributed by atoms with E-state index in [2.05, 4.69) is 65.0 Å². The van der Waals surface area contributed by atoms with Gasteiger partial charge in [-0.3, -0.25) is 0 Å². The number of hydrogen-bond acceptors (Lipinski definition) is 4. The normalized spacial score (nSPS) is 30.6. The summed E-state index contributed by atoms with van der Waals surface area (Å²) in [5.74, 6) is -0.594. The van der Waals surface area contributed by atoms with Gasteiger partial charge < -0.3 is 14.6 Å². The van der Waals surface area contributed by atoms with Crippen LogP contribution in [0.2, 0.25) is 0 Å². The maximum absolute atomic E-state index is 12.0. The molecule has 2 rings (SSSR count). The van der Waals surface area contributed by atoms with Crippen molar-refractivity contribution in [2.24, 2.45) is 5.92 Å². The highest BCUT2D eigenvalue weighted by Gasteiger charge is 2.51. The standard InChI is InChI=1S/C29H40O4/c1-11-21(6)27-29(10,33-27)16-20(5)14-18(3)12-17(2)13-19(4)15-22(7)26-23(8)25(30)24(9)28(31)32-26/h11-16,23,26-27,30H,1-10H3/b17-12+,18-14+,19-13+,20-16+,21-11+,22-15+/t23-,26+,27+,29+/m0/s1. The third-order valence-corrected chi connectivity index (χ3v) is 6.30. The highest BCUT2D eigenvalue weighted by molar-refractivity contribution is 5.89. The molecule has 0 bridgehead atoms. The molecule has 0 spiro atoms. The van der Waals surface area contributed by atoms with Crippen molar-refractivity contribution in [1.82, 2.24) is 0 Å². The fourth-order valence-corrected chi connectivity index (χ4v) is 4.55. The lowest BCUT2D eigenvalue weighted by Crippen LogP contribution is -2.34. The molecule has 33 heavy (non-hydrogen) atoms. The van der Waals surface area contributed by atoms with Crippen LogP contribution in [-0.2, 0) is 14.3 Å². The quantitative estimate of drug-likeness (QED) is 0.191. The Kier molecular flexibility index (Phi) is 8.53. The minimum atomic E-state index is -0.456. The Morgan fingerprint density at radius 3 is 1.97 bits per heavy atom. The summed E-state index contributed by atoms with van der Waals surface area (Å²) in [5.41, 5.74) is 6.77. The molecule has 0 aromatic carbocycles. The summed E-state index contributed by atoms with van der Waals surface area (Å²) in [6.07, 6.45) is 12.5. The largest absolute Gasteiger partial charge is 0.511 e. The summed E-state index contributed by atoms with van der Waals surface area (Å²) in [4.78, 5) is 12.0. The zero-order valence-corrected chi connectivity index (χ0v) is 21.9. The van der Waals surface area contributed by atoms with E-state index in [1.54, 1.807) is 6.92 Å². The molecule has 1 saturated heterocycles. The Morgan fingerprint density at radius 1 is 0.909 bits per heavy atom. The van der Waals surface area contributed by atoms with Crippen LogP contribution < -0.4 is 0 Å². The summed E-state index contributed by atoms with van der Waals surface area (Å²) < 4.78 is 11.4. The third kappa shape index (κ3) is 6.70. The number of aliphatic hydroxyl groups excluding tert-OH is 1. The van der Waals surface area contributed by atoms with Gasteiger partial charge in [0, 0.05) is 0 Å². The average molecular weight is 453 g/mol. The van der Waals surface area contributed by atoms with Crippen LogP contribution in [0.15, 0.2) is 81.2 Å². The van der Waals surface area contributed by atoms with Gasteiger partial charge in [0.25, 0.3) is 0 Å². The summed E-state index contributed by atoms with van der Waals surface area (Å²) in [7, 11) is 0. The molecule has 4 nitrogen and oxygen atoms in total. The SMILES string of the molecule is C/C=C(\C)[C@H]1O[C@]1(C)/C=C(C)/C=C(C)/C=C(C)/C=C(C)/C=C(\C)[C@H]1OC(=O)C(C)=C(O)[C@@H]1C. The van der Waals surface area contributed by atoms with Crippen LogP contribution in [0.4, 0.5) is 0 Å². The second kappa shape index (κ2) is 10.6. The molecule has 0 unspecified atom stereocenters. The lowest BCUT2D eigenvalue weighted by molar-refractivity contribution is -0.147. The lowest BCUT2D eigenvalue weighted by atomic mass is 9.90. The maximum atomic E-state index is 12.0. The smallest absolute Gasteiger partial charge is 0.337 e. The molecule has 2 aliphatic heterocycles. The number of esters is 1. The number of ether oxygens (including phenoxy) is 2. The van der Waals surface area contributed by atoms with Crippen molar-refractivity contribution < 1.29 is 19.4 Å². The van der Waals surface area contributed by atoms with Crippen LogP contribution in [0.3, 0.4) is 0 Å². The molecule has 4 atom stereocenters. The summed E-state index contributed by atoms with van der Waals surface area (Å²) in [6, 6.07) is 0. The maximum Gasteiger partial charge on any atom is 0.337 e. The van der Waals surface area contributed by atoms with E-state index in [9.17, 15) is 9.90 Å². The molecule has 0 aromatic heterocycles. The van der Waals surface area contributed by atoms with Gasteiger partial charge in [-0.1, -0.05) is 59.6 Å². The van der Waals surface area contributed by atoms with Crippen molar-refractivity contribution in [3.8, 4) is 0 Å². The molecule has 1 fully saturated rings. The second-order valence-electron chi connectivity index (χ2n) is 9.78. The van der Waals surface area contributed by atoms with Crippen molar-refractivity contribution in [1.29, 1.82) is 0 Å². The number of allylic oxidation sites excluding steroid dienone is 9. The first-order valence-corrected chi connectivity index (χ1v) is 11.6. The number of cyclic esters (lactones) is 1. The van der Waals surface area contributed by atoms with E-state index in [1.165, 1.54) is 11.1 Å². The molecule has 0 amide bonds. The van der Waals surface area contributed by atoms with E-state index in [1.807, 2.05) is 33.8 Å². The molecule has 0 aromatic rings. The second-order valence-corrected chi connectivity index (χ2v) is 9.78. The highest BCUT2D eigenvalue weighted by atomic mass is 16.6. The number of carbonyl (C=O) groups is 1. The van der Waals surface area contributed by atoms with Crippen molar-refractivity contribution >= 4 is 5.97 Å². The lowest BCUT2D eigenvalue weighted by Gasteiger charge is -2.29. The van der Waals surface area contributed by atoms with Crippen molar-refractivity contribution in [3.05, 3.63) is 81.2 Å². The van der Waals surface area contributed by atoms with Crippen LogP contribution in [-0.4, -0.2) is 28.9 Å². The first-order chi connectivity index (χ1) is 15.3. The van der Waals surface area contributed by atoms with Crippen molar-refractivity contribution in [2.45, 2.75) is 87.0 Å². The van der Waals surface area contributed by atoms with E-state index < -0.39 is 12.1 Å². The monoisotopic (exact) mass is 452 g/mol. The molecule has 4 heteroatoms. The number of epoxide rings is 1. The Labute approximate surface area is 199 Å². The molecule has 1 N–H and O–H groups in total. The highest BCUT2D eigenvalue weighted by Crippen LogP contribution is 2.42. The first-order valence-electron chi connectivity index (χ1n) is 11.6. The van der Waals surface area contributed by atoms with Gasteiger partial charge in [-0.15, -0.1) is 0 Å². The van der Waals surface area contributed by atoms with Gasteiger partial charge >= 0.3 is 5.97 Å². The van der Waals surface area contributed by atoms with Crippen molar-refractivity contribution in [3.63, 3.8) is 0 Å². The van der Waals surface area contributed by atoms with E-state index >= 15 is 0 Å². The van der Waals surface area contributed by atoms with Gasteiger partial charge in [-0.2, -0.15) is 0 Å².